The van der Waals surface area contributed by atoms with E-state index in [1.54, 1.807) is 0 Å². The van der Waals surface area contributed by atoms with Crippen LogP contribution < -0.4 is 5.32 Å². The Morgan fingerprint density at radius 1 is 1.38 bits per heavy atom. The van der Waals surface area contributed by atoms with E-state index < -0.39 is 0 Å². The zero-order valence-electron chi connectivity index (χ0n) is 11.2. The number of nitrogens with zero attached hydrogens (tertiary/aromatic N) is 1. The van der Waals surface area contributed by atoms with Crippen molar-refractivity contribution in [2.75, 3.05) is 27.2 Å². The van der Waals surface area contributed by atoms with Gasteiger partial charge in [-0.3, -0.25) is 4.79 Å². The van der Waals surface area contributed by atoms with Gasteiger partial charge in [0.1, 0.15) is 0 Å². The van der Waals surface area contributed by atoms with E-state index >= 15 is 0 Å². The standard InChI is InChI=1S/C12H26N2O.ClH/c1-6-11(10(2)3)9-12(15)14(5)8-7-13-4;/h10-11,13H,6-9H2,1-5H3;1H. The predicted molar refractivity (Wildman–Crippen MR) is 72.0 cm³/mol. The third kappa shape index (κ3) is 7.07. The predicted octanol–water partition coefficient (Wildman–Crippen LogP) is 2.16. The number of amides is 1. The molecule has 0 heterocycles. The van der Waals surface area contributed by atoms with Crippen LogP contribution in [0.5, 0.6) is 0 Å². The fraction of sp³-hybridized carbons (Fsp3) is 0.917. The van der Waals surface area contributed by atoms with Crippen LogP contribution in [-0.2, 0) is 4.79 Å². The van der Waals surface area contributed by atoms with Crippen molar-refractivity contribution in [3.05, 3.63) is 0 Å². The molecule has 1 amide bonds. The first-order chi connectivity index (χ1) is 7.02. The van der Waals surface area contributed by atoms with Gasteiger partial charge in [0.05, 0.1) is 0 Å². The Balaban J connectivity index is 0. The van der Waals surface area contributed by atoms with Crippen molar-refractivity contribution in [1.82, 2.24) is 10.2 Å². The first-order valence-corrected chi connectivity index (χ1v) is 5.91. The summed E-state index contributed by atoms with van der Waals surface area (Å²) in [6.07, 6.45) is 1.78. The Morgan fingerprint density at radius 2 is 1.94 bits per heavy atom. The largest absolute Gasteiger partial charge is 0.344 e. The minimum atomic E-state index is 0. The van der Waals surface area contributed by atoms with Gasteiger partial charge in [-0.05, 0) is 18.9 Å². The molecule has 98 valence electrons. The average molecular weight is 251 g/mol. The van der Waals surface area contributed by atoms with Crippen LogP contribution in [0, 0.1) is 11.8 Å². The second-order valence-corrected chi connectivity index (χ2v) is 4.54. The third-order valence-corrected chi connectivity index (χ3v) is 3.03. The molecule has 1 unspecified atom stereocenters. The van der Waals surface area contributed by atoms with Crippen LogP contribution in [-0.4, -0.2) is 38.0 Å². The number of halogens is 1. The average Bonchev–Trinajstić information content (AvgIpc) is 2.21. The molecule has 0 bridgehead atoms. The summed E-state index contributed by atoms with van der Waals surface area (Å²) in [6, 6.07) is 0. The molecule has 0 radical (unpaired) electrons. The Kier molecular flexibility index (Phi) is 11.2. The summed E-state index contributed by atoms with van der Waals surface area (Å²) < 4.78 is 0. The molecule has 0 aliphatic heterocycles. The summed E-state index contributed by atoms with van der Waals surface area (Å²) in [6.45, 7) is 8.19. The summed E-state index contributed by atoms with van der Waals surface area (Å²) in [7, 11) is 3.79. The number of rotatable bonds is 7. The zero-order chi connectivity index (χ0) is 11.8. The topological polar surface area (TPSA) is 32.3 Å². The smallest absolute Gasteiger partial charge is 0.222 e. The molecular formula is C12H27ClN2O. The van der Waals surface area contributed by atoms with Gasteiger partial charge in [-0.1, -0.05) is 27.2 Å². The van der Waals surface area contributed by atoms with Crippen molar-refractivity contribution >= 4 is 18.3 Å². The summed E-state index contributed by atoms with van der Waals surface area (Å²) in [4.78, 5) is 13.6. The van der Waals surface area contributed by atoms with Gasteiger partial charge in [0.15, 0.2) is 0 Å². The van der Waals surface area contributed by atoms with Gasteiger partial charge in [0.25, 0.3) is 0 Å². The van der Waals surface area contributed by atoms with Crippen molar-refractivity contribution in [1.29, 1.82) is 0 Å². The summed E-state index contributed by atoms with van der Waals surface area (Å²) in [5.41, 5.74) is 0. The monoisotopic (exact) mass is 250 g/mol. The molecule has 0 aliphatic carbocycles. The van der Waals surface area contributed by atoms with Crippen molar-refractivity contribution < 1.29 is 4.79 Å². The normalized spacial score (nSPS) is 12.1. The van der Waals surface area contributed by atoms with E-state index in [1.807, 2.05) is 19.0 Å². The van der Waals surface area contributed by atoms with Crippen molar-refractivity contribution in [3.8, 4) is 0 Å². The highest BCUT2D eigenvalue weighted by molar-refractivity contribution is 5.85. The molecule has 1 N–H and O–H groups in total. The summed E-state index contributed by atoms with van der Waals surface area (Å²) in [5.74, 6) is 1.39. The maximum absolute atomic E-state index is 11.8. The number of carbonyl (C=O) groups is 1. The lowest BCUT2D eigenvalue weighted by atomic mass is 9.90. The van der Waals surface area contributed by atoms with Gasteiger partial charge in [-0.2, -0.15) is 0 Å². The van der Waals surface area contributed by atoms with E-state index in [0.717, 1.165) is 19.5 Å². The molecule has 0 fully saturated rings. The van der Waals surface area contributed by atoms with Crippen molar-refractivity contribution in [3.63, 3.8) is 0 Å². The Bertz CT molecular complexity index is 186. The quantitative estimate of drug-likeness (QED) is 0.751. The van der Waals surface area contributed by atoms with Crippen LogP contribution in [0.15, 0.2) is 0 Å². The van der Waals surface area contributed by atoms with E-state index in [9.17, 15) is 4.79 Å². The van der Waals surface area contributed by atoms with E-state index in [-0.39, 0.29) is 18.3 Å². The molecule has 0 rings (SSSR count). The minimum absolute atomic E-state index is 0. The summed E-state index contributed by atoms with van der Waals surface area (Å²) in [5, 5.41) is 3.05. The molecule has 0 aromatic carbocycles. The minimum Gasteiger partial charge on any atom is -0.344 e. The van der Waals surface area contributed by atoms with E-state index in [4.69, 9.17) is 0 Å². The number of nitrogens with one attached hydrogen (secondary N) is 1. The molecule has 0 aliphatic rings. The van der Waals surface area contributed by atoms with E-state index in [2.05, 4.69) is 26.1 Å². The van der Waals surface area contributed by atoms with Gasteiger partial charge in [0.2, 0.25) is 5.91 Å². The fourth-order valence-electron chi connectivity index (χ4n) is 1.64. The van der Waals surface area contributed by atoms with Gasteiger partial charge in [-0.15, -0.1) is 12.4 Å². The van der Waals surface area contributed by atoms with Gasteiger partial charge >= 0.3 is 0 Å². The molecule has 0 spiro atoms. The van der Waals surface area contributed by atoms with Crippen LogP contribution in [0.25, 0.3) is 0 Å². The first kappa shape index (κ1) is 18.1. The lowest BCUT2D eigenvalue weighted by Gasteiger charge is -2.23. The Morgan fingerprint density at radius 3 is 2.31 bits per heavy atom. The second kappa shape index (κ2) is 9.91. The van der Waals surface area contributed by atoms with E-state index in [1.165, 1.54) is 0 Å². The number of hydrogen-bond donors (Lipinski definition) is 1. The molecule has 16 heavy (non-hydrogen) atoms. The van der Waals surface area contributed by atoms with Crippen LogP contribution in [0.4, 0.5) is 0 Å². The molecule has 0 saturated heterocycles. The van der Waals surface area contributed by atoms with Gasteiger partial charge in [0, 0.05) is 26.6 Å². The summed E-state index contributed by atoms with van der Waals surface area (Å²) >= 11 is 0. The molecule has 3 nitrogen and oxygen atoms in total. The van der Waals surface area contributed by atoms with Crippen LogP contribution in [0.1, 0.15) is 33.6 Å². The molecular weight excluding hydrogens is 224 g/mol. The Labute approximate surface area is 106 Å². The lowest BCUT2D eigenvalue weighted by Crippen LogP contribution is -2.34. The van der Waals surface area contributed by atoms with Gasteiger partial charge < -0.3 is 10.2 Å². The number of likely N-dealkylation sites (N-methyl/N-ethyl adjacent to an activating group) is 2. The van der Waals surface area contributed by atoms with Crippen LogP contribution >= 0.6 is 12.4 Å². The van der Waals surface area contributed by atoms with Crippen molar-refractivity contribution in [2.45, 2.75) is 33.6 Å². The second-order valence-electron chi connectivity index (χ2n) is 4.54. The zero-order valence-corrected chi connectivity index (χ0v) is 12.1. The fourth-order valence-corrected chi connectivity index (χ4v) is 1.64. The highest BCUT2D eigenvalue weighted by atomic mass is 35.5. The molecule has 0 aromatic heterocycles. The molecule has 1 atom stereocenters. The van der Waals surface area contributed by atoms with E-state index in [0.29, 0.717) is 18.3 Å². The SMILES string of the molecule is CCC(CC(=O)N(C)CCNC)C(C)C.Cl. The Hall–Kier alpha value is -0.280. The lowest BCUT2D eigenvalue weighted by molar-refractivity contribution is -0.131. The van der Waals surface area contributed by atoms with Gasteiger partial charge in [-0.25, -0.2) is 0 Å². The third-order valence-electron chi connectivity index (χ3n) is 3.03. The maximum atomic E-state index is 11.8. The number of hydrogen-bond acceptors (Lipinski definition) is 2. The molecule has 0 aromatic rings. The number of carbonyl (C=O) groups excluding carboxylic acids is 1. The highest BCUT2D eigenvalue weighted by Crippen LogP contribution is 2.19. The highest BCUT2D eigenvalue weighted by Gasteiger charge is 2.17. The van der Waals surface area contributed by atoms with Crippen molar-refractivity contribution in [2.24, 2.45) is 11.8 Å². The van der Waals surface area contributed by atoms with Crippen LogP contribution in [0.2, 0.25) is 0 Å². The maximum Gasteiger partial charge on any atom is 0.222 e. The molecule has 4 heteroatoms. The molecule has 0 saturated carbocycles. The first-order valence-electron chi connectivity index (χ1n) is 5.91. The van der Waals surface area contributed by atoms with Crippen LogP contribution in [0.3, 0.4) is 0 Å².